The van der Waals surface area contributed by atoms with Crippen LogP contribution in [-0.4, -0.2) is 43.5 Å². The van der Waals surface area contributed by atoms with Gasteiger partial charge < -0.3 is 9.47 Å². The lowest BCUT2D eigenvalue weighted by Gasteiger charge is -2.27. The van der Waals surface area contributed by atoms with E-state index in [1.54, 1.807) is 6.92 Å². The summed E-state index contributed by atoms with van der Waals surface area (Å²) in [5, 5.41) is 2.23. The van der Waals surface area contributed by atoms with Crippen molar-refractivity contribution in [1.82, 2.24) is 5.43 Å². The van der Waals surface area contributed by atoms with Crippen LogP contribution in [0.5, 0.6) is 5.75 Å². The van der Waals surface area contributed by atoms with Crippen molar-refractivity contribution in [3.05, 3.63) is 27.7 Å². The van der Waals surface area contributed by atoms with Gasteiger partial charge in [0.05, 0.1) is 22.9 Å². The molecule has 1 rings (SSSR count). The molecule has 0 aliphatic carbocycles. The van der Waals surface area contributed by atoms with E-state index < -0.39 is 30.7 Å². The van der Waals surface area contributed by atoms with Gasteiger partial charge in [0.1, 0.15) is 0 Å². The first kappa shape index (κ1) is 24.1. The average molecular weight is 459 g/mol. The number of nitrogens with zero attached hydrogens (tertiary/aromatic N) is 1. The predicted octanol–water partition coefficient (Wildman–Crippen LogP) is 4.65. The van der Waals surface area contributed by atoms with Crippen LogP contribution >= 0.6 is 23.2 Å². The number of hydrogen-bond donors (Lipinski definition) is 1. The van der Waals surface area contributed by atoms with Crippen molar-refractivity contribution < 1.29 is 45.0 Å². The Morgan fingerprint density at radius 3 is 2.14 bits per heavy atom. The zero-order valence-electron chi connectivity index (χ0n) is 13.7. The molecular formula is C14H11Cl2F7N2O3. The van der Waals surface area contributed by atoms with Crippen LogP contribution in [0.25, 0.3) is 0 Å². The maximum absolute atomic E-state index is 13.1. The topological polar surface area (TPSA) is 59.9 Å². The smallest absolute Gasteiger partial charge is 0.462 e. The quantitative estimate of drug-likeness (QED) is 0.202. The lowest BCUT2D eigenvalue weighted by atomic mass is 10.2. The fourth-order valence-corrected chi connectivity index (χ4v) is 2.17. The van der Waals surface area contributed by atoms with Gasteiger partial charge in [0.15, 0.2) is 12.4 Å². The van der Waals surface area contributed by atoms with Crippen molar-refractivity contribution in [2.45, 2.75) is 25.1 Å². The minimum Gasteiger partial charge on any atom is -0.479 e. The van der Waals surface area contributed by atoms with Gasteiger partial charge in [-0.2, -0.15) is 35.8 Å². The molecule has 0 bridgehead atoms. The van der Waals surface area contributed by atoms with Crippen LogP contribution in [0.15, 0.2) is 17.2 Å². The Hall–Kier alpha value is -1.95. The highest BCUT2D eigenvalue weighted by atomic mass is 35.5. The summed E-state index contributed by atoms with van der Waals surface area (Å²) in [4.78, 5) is 11.2. The van der Waals surface area contributed by atoms with Gasteiger partial charge in [0, 0.05) is 0 Å². The first-order chi connectivity index (χ1) is 12.7. The van der Waals surface area contributed by atoms with Crippen LogP contribution in [0.4, 0.5) is 30.7 Å². The molecule has 0 saturated carbocycles. The minimum atomic E-state index is -6.50. The van der Waals surface area contributed by atoms with E-state index in [0.29, 0.717) is 11.6 Å². The Balaban J connectivity index is 2.89. The molecule has 1 aromatic carbocycles. The van der Waals surface area contributed by atoms with Gasteiger partial charge in [-0.1, -0.05) is 23.2 Å². The number of carbonyl (C=O) groups is 1. The number of carbonyl (C=O) groups excluding carboxylic acids is 1. The molecule has 0 aliphatic rings. The molecule has 158 valence electrons. The second kappa shape index (κ2) is 9.03. The maximum Gasteiger partial charge on any atom is 0.462 e. The number of nitrogens with one attached hydrogen (secondary N) is 1. The first-order valence-corrected chi connectivity index (χ1v) is 7.88. The Labute approximate surface area is 163 Å². The van der Waals surface area contributed by atoms with Crippen LogP contribution < -0.4 is 10.2 Å². The Kier molecular flexibility index (Phi) is 7.77. The number of hydrazone groups is 1. The second-order valence-electron chi connectivity index (χ2n) is 4.92. The molecular weight excluding hydrogens is 448 g/mol. The van der Waals surface area contributed by atoms with E-state index in [-0.39, 0.29) is 28.0 Å². The van der Waals surface area contributed by atoms with Gasteiger partial charge in [0.25, 0.3) is 0 Å². The van der Waals surface area contributed by atoms with Gasteiger partial charge >= 0.3 is 24.1 Å². The summed E-state index contributed by atoms with van der Waals surface area (Å²) >= 11 is 11.7. The highest BCUT2D eigenvalue weighted by Crippen LogP contribution is 2.45. The zero-order chi connectivity index (χ0) is 21.8. The number of rotatable bonds is 8. The molecule has 0 aromatic heterocycles. The summed E-state index contributed by atoms with van der Waals surface area (Å²) in [6.07, 6.45) is -6.02. The summed E-state index contributed by atoms with van der Waals surface area (Å²) < 4.78 is 97.2. The normalized spacial score (nSPS) is 12.9. The van der Waals surface area contributed by atoms with Gasteiger partial charge in [-0.15, -0.1) is 0 Å². The second-order valence-corrected chi connectivity index (χ2v) is 5.74. The van der Waals surface area contributed by atoms with Crippen LogP contribution in [-0.2, 0) is 9.53 Å². The predicted molar refractivity (Wildman–Crippen MR) is 85.3 cm³/mol. The molecule has 0 saturated heterocycles. The molecule has 0 radical (unpaired) electrons. The van der Waals surface area contributed by atoms with E-state index in [0.717, 1.165) is 12.1 Å². The molecule has 0 spiro atoms. The molecule has 5 nitrogen and oxygen atoms in total. The standard InChI is InChI=1S/C14H11Cl2F7N2O3/c1-2-27-10(26)6-28-11-8(15)3-7(4-9(11)16)5-24-25-14(22,23)12(17,18)13(19,20)21/h3-5,25H,2,6H2,1H3/b24-5+. The molecule has 0 amide bonds. The number of ether oxygens (including phenoxy) is 2. The molecule has 1 aromatic rings. The number of halogens is 9. The molecule has 0 aliphatic heterocycles. The maximum atomic E-state index is 13.1. The number of benzene rings is 1. The molecule has 0 fully saturated rings. The summed E-state index contributed by atoms with van der Waals surface area (Å²) in [6.45, 7) is 1.12. The van der Waals surface area contributed by atoms with Crippen molar-refractivity contribution >= 4 is 35.4 Å². The van der Waals surface area contributed by atoms with Crippen molar-refractivity contribution in [3.8, 4) is 5.75 Å². The first-order valence-electron chi connectivity index (χ1n) is 7.13. The Morgan fingerprint density at radius 1 is 1.14 bits per heavy atom. The molecule has 0 unspecified atom stereocenters. The third-order valence-corrected chi connectivity index (χ3v) is 3.39. The van der Waals surface area contributed by atoms with E-state index in [1.165, 1.54) is 0 Å². The summed E-state index contributed by atoms with van der Waals surface area (Å²) in [7, 11) is 0. The third-order valence-electron chi connectivity index (χ3n) is 2.83. The van der Waals surface area contributed by atoms with E-state index in [4.69, 9.17) is 27.9 Å². The summed E-state index contributed by atoms with van der Waals surface area (Å²) in [6, 6.07) is -3.66. The fraction of sp³-hybridized carbons (Fsp3) is 0.429. The molecule has 14 heteroatoms. The number of esters is 1. The summed E-state index contributed by atoms with van der Waals surface area (Å²) in [5.41, 5.74) is 0.308. The molecule has 1 N–H and O–H groups in total. The highest BCUT2D eigenvalue weighted by molar-refractivity contribution is 6.37. The Bertz CT molecular complexity index is 719. The SMILES string of the molecule is CCOC(=O)COc1c(Cl)cc(/C=N/NC(F)(F)C(F)(F)C(F)(F)F)cc1Cl. The lowest BCUT2D eigenvalue weighted by Crippen LogP contribution is -2.58. The molecule has 0 heterocycles. The zero-order valence-corrected chi connectivity index (χ0v) is 15.2. The van der Waals surface area contributed by atoms with Crippen LogP contribution in [0.1, 0.15) is 12.5 Å². The minimum absolute atomic E-state index is 0.101. The van der Waals surface area contributed by atoms with Gasteiger partial charge in [0.2, 0.25) is 0 Å². The fourth-order valence-electron chi connectivity index (χ4n) is 1.56. The molecule has 0 atom stereocenters. The third kappa shape index (κ3) is 5.77. The van der Waals surface area contributed by atoms with E-state index in [2.05, 4.69) is 9.84 Å². The van der Waals surface area contributed by atoms with Gasteiger partial charge in [-0.3, -0.25) is 0 Å². The molecule has 28 heavy (non-hydrogen) atoms. The van der Waals surface area contributed by atoms with Crippen LogP contribution in [0, 0.1) is 0 Å². The van der Waals surface area contributed by atoms with Crippen molar-refractivity contribution in [1.29, 1.82) is 0 Å². The van der Waals surface area contributed by atoms with Gasteiger partial charge in [-0.25, -0.2) is 10.2 Å². The van der Waals surface area contributed by atoms with E-state index in [1.807, 2.05) is 0 Å². The van der Waals surface area contributed by atoms with Crippen LogP contribution in [0.3, 0.4) is 0 Å². The number of hydrogen-bond acceptors (Lipinski definition) is 5. The lowest BCUT2D eigenvalue weighted by molar-refractivity contribution is -0.361. The highest BCUT2D eigenvalue weighted by Gasteiger charge is 2.73. The Morgan fingerprint density at radius 2 is 1.68 bits per heavy atom. The largest absolute Gasteiger partial charge is 0.479 e. The van der Waals surface area contributed by atoms with E-state index >= 15 is 0 Å². The average Bonchev–Trinajstić information content (AvgIpc) is 2.53. The van der Waals surface area contributed by atoms with Crippen molar-refractivity contribution in [3.63, 3.8) is 0 Å². The van der Waals surface area contributed by atoms with E-state index in [9.17, 15) is 35.5 Å². The van der Waals surface area contributed by atoms with Crippen molar-refractivity contribution in [2.24, 2.45) is 5.10 Å². The summed E-state index contributed by atoms with van der Waals surface area (Å²) in [5.74, 6) is -7.26. The number of alkyl halides is 7. The monoisotopic (exact) mass is 458 g/mol. The van der Waals surface area contributed by atoms with Crippen LogP contribution in [0.2, 0.25) is 10.0 Å². The van der Waals surface area contributed by atoms with Crippen molar-refractivity contribution in [2.75, 3.05) is 13.2 Å². The van der Waals surface area contributed by atoms with Gasteiger partial charge in [-0.05, 0) is 24.6 Å².